The minimum Gasteiger partial charge on any atom is -0.353 e. The Balaban J connectivity index is 1.83. The number of aromatic amines is 1. The largest absolute Gasteiger partial charge is 0.353 e. The number of nitro benzene ring substituents is 1. The molecule has 0 spiro atoms. The lowest BCUT2D eigenvalue weighted by Gasteiger charge is -2.29. The number of H-pyrrole nitrogens is 1. The highest BCUT2D eigenvalue weighted by Gasteiger charge is 2.22. The predicted octanol–water partition coefficient (Wildman–Crippen LogP) is 3.46. The van der Waals surface area contributed by atoms with Crippen molar-refractivity contribution in [3.05, 3.63) is 28.3 Å². The Kier molecular flexibility index (Phi) is 3.30. The van der Waals surface area contributed by atoms with Crippen LogP contribution < -0.4 is 5.32 Å². The summed E-state index contributed by atoms with van der Waals surface area (Å²) in [5.74, 6) is 1.34. The predicted molar refractivity (Wildman–Crippen MR) is 77.8 cm³/mol. The number of nitrogens with one attached hydrogen (secondary N) is 2. The molecule has 2 N–H and O–H groups in total. The molecule has 6 heteroatoms. The minimum atomic E-state index is -0.392. The second-order valence-electron chi connectivity index (χ2n) is 5.56. The summed E-state index contributed by atoms with van der Waals surface area (Å²) < 4.78 is 0. The van der Waals surface area contributed by atoms with E-state index in [0.29, 0.717) is 23.4 Å². The molecule has 0 radical (unpaired) electrons. The zero-order chi connectivity index (χ0) is 14.1. The molecule has 1 aliphatic rings. The molecule has 1 saturated carbocycles. The van der Waals surface area contributed by atoms with E-state index in [2.05, 4.69) is 22.2 Å². The number of non-ortho nitro benzene ring substituents is 1. The summed E-state index contributed by atoms with van der Waals surface area (Å²) in [5, 5.41) is 14.2. The van der Waals surface area contributed by atoms with Gasteiger partial charge < -0.3 is 10.3 Å². The number of nitrogens with zero attached hydrogens (tertiary/aromatic N) is 2. The molecule has 1 aromatic heterocycles. The van der Waals surface area contributed by atoms with Gasteiger partial charge in [-0.05, 0) is 24.8 Å². The van der Waals surface area contributed by atoms with E-state index in [-0.39, 0.29) is 5.69 Å². The van der Waals surface area contributed by atoms with E-state index < -0.39 is 4.92 Å². The Morgan fingerprint density at radius 3 is 2.95 bits per heavy atom. The molecule has 1 fully saturated rings. The zero-order valence-electron chi connectivity index (χ0n) is 11.4. The number of rotatable bonds is 3. The lowest BCUT2D eigenvalue weighted by atomic mass is 9.86. The van der Waals surface area contributed by atoms with Gasteiger partial charge in [0.05, 0.1) is 16.0 Å². The summed E-state index contributed by atoms with van der Waals surface area (Å²) in [7, 11) is 0. The van der Waals surface area contributed by atoms with E-state index >= 15 is 0 Å². The maximum absolute atomic E-state index is 10.8. The Hall–Kier alpha value is -2.11. The van der Waals surface area contributed by atoms with E-state index in [4.69, 9.17) is 0 Å². The van der Waals surface area contributed by atoms with Crippen LogP contribution in [-0.2, 0) is 0 Å². The maximum atomic E-state index is 10.8. The zero-order valence-corrected chi connectivity index (χ0v) is 11.4. The summed E-state index contributed by atoms with van der Waals surface area (Å²) in [5.41, 5.74) is 1.53. The van der Waals surface area contributed by atoms with Crippen LogP contribution >= 0.6 is 0 Å². The Morgan fingerprint density at radius 1 is 1.40 bits per heavy atom. The second-order valence-corrected chi connectivity index (χ2v) is 5.56. The number of aromatic nitrogens is 2. The normalized spacial score (nSPS) is 22.9. The molecule has 6 nitrogen and oxygen atoms in total. The van der Waals surface area contributed by atoms with Gasteiger partial charge >= 0.3 is 0 Å². The Morgan fingerprint density at radius 2 is 2.20 bits per heavy atom. The molecule has 1 aliphatic carbocycles. The highest BCUT2D eigenvalue weighted by atomic mass is 16.6. The van der Waals surface area contributed by atoms with E-state index in [1.807, 2.05) is 0 Å². The van der Waals surface area contributed by atoms with Gasteiger partial charge in [0.15, 0.2) is 0 Å². The van der Waals surface area contributed by atoms with Crippen molar-refractivity contribution >= 4 is 22.7 Å². The van der Waals surface area contributed by atoms with Crippen molar-refractivity contribution < 1.29 is 4.92 Å². The van der Waals surface area contributed by atoms with Crippen LogP contribution in [0, 0.1) is 16.0 Å². The molecule has 1 heterocycles. The van der Waals surface area contributed by atoms with Gasteiger partial charge in [0.25, 0.3) is 5.69 Å². The third-order valence-corrected chi connectivity index (χ3v) is 4.11. The summed E-state index contributed by atoms with van der Waals surface area (Å²) in [6.45, 7) is 2.25. The molecule has 1 aromatic carbocycles. The minimum absolute atomic E-state index is 0.0822. The van der Waals surface area contributed by atoms with Gasteiger partial charge in [-0.15, -0.1) is 0 Å². The fraction of sp³-hybridized carbons (Fsp3) is 0.500. The van der Waals surface area contributed by atoms with Gasteiger partial charge in [-0.25, -0.2) is 4.98 Å². The first-order valence-corrected chi connectivity index (χ1v) is 7.04. The van der Waals surface area contributed by atoms with Crippen LogP contribution in [0.15, 0.2) is 18.2 Å². The molecule has 3 rings (SSSR count). The van der Waals surface area contributed by atoms with Crippen molar-refractivity contribution in [2.75, 3.05) is 5.32 Å². The molecular formula is C14H18N4O2. The Bertz CT molecular complexity index is 637. The molecule has 2 aromatic rings. The second kappa shape index (κ2) is 5.11. The fourth-order valence-corrected chi connectivity index (χ4v) is 2.89. The first-order chi connectivity index (χ1) is 9.63. The fourth-order valence-electron chi connectivity index (χ4n) is 2.89. The summed E-state index contributed by atoms with van der Waals surface area (Å²) in [6.07, 6.45) is 4.93. The van der Waals surface area contributed by atoms with Crippen LogP contribution in [0.1, 0.15) is 32.6 Å². The van der Waals surface area contributed by atoms with E-state index in [1.165, 1.54) is 31.4 Å². The topological polar surface area (TPSA) is 83.8 Å². The molecule has 0 amide bonds. The van der Waals surface area contributed by atoms with Gasteiger partial charge in [0, 0.05) is 18.2 Å². The van der Waals surface area contributed by atoms with Crippen LogP contribution in [0.25, 0.3) is 11.0 Å². The number of imidazole rings is 1. The number of hydrogen-bond donors (Lipinski definition) is 2. The Labute approximate surface area is 116 Å². The van der Waals surface area contributed by atoms with Crippen molar-refractivity contribution in [1.29, 1.82) is 0 Å². The molecule has 0 saturated heterocycles. The molecule has 0 aliphatic heterocycles. The van der Waals surface area contributed by atoms with Crippen molar-refractivity contribution in [3.8, 4) is 0 Å². The standard InChI is InChI=1S/C14H18N4O2/c1-9-4-2-3-5-11(9)15-14-16-12-7-6-10(18(19)20)8-13(12)17-14/h6-9,11H,2-5H2,1H3,(H2,15,16,17). The van der Waals surface area contributed by atoms with Crippen LogP contribution in [0.4, 0.5) is 11.6 Å². The molecule has 2 atom stereocenters. The van der Waals surface area contributed by atoms with E-state index in [0.717, 1.165) is 11.9 Å². The average molecular weight is 274 g/mol. The maximum Gasteiger partial charge on any atom is 0.271 e. The van der Waals surface area contributed by atoms with E-state index in [9.17, 15) is 10.1 Å². The van der Waals surface area contributed by atoms with Crippen molar-refractivity contribution in [3.63, 3.8) is 0 Å². The van der Waals surface area contributed by atoms with Crippen LogP contribution in [0.2, 0.25) is 0 Å². The first-order valence-electron chi connectivity index (χ1n) is 7.04. The molecule has 2 unspecified atom stereocenters. The molecular weight excluding hydrogens is 256 g/mol. The van der Waals surface area contributed by atoms with Gasteiger partial charge in [-0.2, -0.15) is 0 Å². The third-order valence-electron chi connectivity index (χ3n) is 4.11. The van der Waals surface area contributed by atoms with Gasteiger partial charge in [-0.3, -0.25) is 10.1 Å². The first kappa shape index (κ1) is 12.9. The number of hydrogen-bond acceptors (Lipinski definition) is 4. The summed E-state index contributed by atoms with van der Waals surface area (Å²) >= 11 is 0. The quantitative estimate of drug-likeness (QED) is 0.663. The van der Waals surface area contributed by atoms with Crippen molar-refractivity contribution in [2.45, 2.75) is 38.6 Å². The molecule has 0 bridgehead atoms. The summed E-state index contributed by atoms with van der Waals surface area (Å²) in [4.78, 5) is 18.0. The molecule has 20 heavy (non-hydrogen) atoms. The van der Waals surface area contributed by atoms with Crippen molar-refractivity contribution in [2.24, 2.45) is 5.92 Å². The highest BCUT2D eigenvalue weighted by Crippen LogP contribution is 2.27. The lowest BCUT2D eigenvalue weighted by Crippen LogP contribution is -2.30. The van der Waals surface area contributed by atoms with Gasteiger partial charge in [-0.1, -0.05) is 19.8 Å². The van der Waals surface area contributed by atoms with Crippen molar-refractivity contribution in [1.82, 2.24) is 9.97 Å². The summed E-state index contributed by atoms with van der Waals surface area (Å²) in [6, 6.07) is 5.12. The SMILES string of the molecule is CC1CCCCC1Nc1nc2ccc([N+](=O)[O-])cc2[nH]1. The highest BCUT2D eigenvalue weighted by molar-refractivity contribution is 5.79. The van der Waals surface area contributed by atoms with Gasteiger partial charge in [0.1, 0.15) is 0 Å². The number of benzene rings is 1. The van der Waals surface area contributed by atoms with E-state index in [1.54, 1.807) is 6.07 Å². The monoisotopic (exact) mass is 274 g/mol. The van der Waals surface area contributed by atoms with Crippen LogP contribution in [0.5, 0.6) is 0 Å². The smallest absolute Gasteiger partial charge is 0.271 e. The van der Waals surface area contributed by atoms with Gasteiger partial charge in [0.2, 0.25) is 5.95 Å². The molecule has 106 valence electrons. The van der Waals surface area contributed by atoms with Crippen LogP contribution in [0.3, 0.4) is 0 Å². The number of fused-ring (bicyclic) bond motifs is 1. The third kappa shape index (κ3) is 2.45. The number of anilines is 1. The number of nitro groups is 1. The average Bonchev–Trinajstić information content (AvgIpc) is 2.82. The lowest BCUT2D eigenvalue weighted by molar-refractivity contribution is -0.384. The van der Waals surface area contributed by atoms with Crippen LogP contribution in [-0.4, -0.2) is 20.9 Å².